The highest BCUT2D eigenvalue weighted by molar-refractivity contribution is 6.30. The molecule has 0 N–H and O–H groups in total. The van der Waals surface area contributed by atoms with E-state index in [0.717, 1.165) is 17.7 Å². The Kier molecular flexibility index (Phi) is 3.11. The smallest absolute Gasteiger partial charge is 0.166 e. The van der Waals surface area contributed by atoms with Gasteiger partial charge in [0, 0.05) is 5.02 Å². The number of benzene rings is 2. The molecule has 0 aliphatic rings. The molecular weight excluding hydrogens is 249 g/mol. The van der Waals surface area contributed by atoms with Crippen LogP contribution in [0.5, 0.6) is 0 Å². The van der Waals surface area contributed by atoms with E-state index >= 15 is 0 Å². The Balaban J connectivity index is 2.36. The van der Waals surface area contributed by atoms with Crippen molar-refractivity contribution in [2.24, 2.45) is 0 Å². The molecule has 17 heavy (non-hydrogen) atoms. The van der Waals surface area contributed by atoms with E-state index in [1.54, 1.807) is 24.3 Å². The molecule has 4 heteroatoms. The van der Waals surface area contributed by atoms with E-state index in [1.165, 1.54) is 12.1 Å². The van der Waals surface area contributed by atoms with Crippen LogP contribution in [0.15, 0.2) is 48.5 Å². The molecule has 0 atom stereocenters. The maximum Gasteiger partial charge on any atom is 0.416 e. The summed E-state index contributed by atoms with van der Waals surface area (Å²) in [6, 6.07) is 12.0. The van der Waals surface area contributed by atoms with Gasteiger partial charge >= 0.3 is 6.18 Å². The standard InChI is InChI=1S/C13H8ClF3/c14-12-3-1-2-10(8-12)9-4-6-11(7-5-9)13(15,16)17/h1-8H. The van der Waals surface area contributed by atoms with Crippen molar-refractivity contribution in [3.63, 3.8) is 0 Å². The lowest BCUT2D eigenvalue weighted by Crippen LogP contribution is -2.03. The minimum Gasteiger partial charge on any atom is -0.166 e. The minimum absolute atomic E-state index is 0.558. The van der Waals surface area contributed by atoms with Crippen molar-refractivity contribution in [1.29, 1.82) is 0 Å². The molecule has 0 saturated heterocycles. The summed E-state index contributed by atoms with van der Waals surface area (Å²) in [6.07, 6.45) is -4.30. The number of hydrogen-bond acceptors (Lipinski definition) is 0. The highest BCUT2D eigenvalue weighted by Crippen LogP contribution is 2.31. The first kappa shape index (κ1) is 12.0. The second-order valence-corrected chi connectivity index (χ2v) is 4.02. The van der Waals surface area contributed by atoms with Gasteiger partial charge in [-0.05, 0) is 35.4 Å². The van der Waals surface area contributed by atoms with Gasteiger partial charge in [0.1, 0.15) is 0 Å². The molecule has 0 fully saturated rings. The molecule has 2 aromatic rings. The van der Waals surface area contributed by atoms with Crippen molar-refractivity contribution in [3.8, 4) is 11.1 Å². The van der Waals surface area contributed by atoms with Crippen molar-refractivity contribution in [1.82, 2.24) is 0 Å². The Bertz CT molecular complexity index is 515. The summed E-state index contributed by atoms with van der Waals surface area (Å²) in [4.78, 5) is 0. The van der Waals surface area contributed by atoms with Crippen LogP contribution < -0.4 is 0 Å². The summed E-state index contributed by atoms with van der Waals surface area (Å²) in [5, 5.41) is 0.558. The van der Waals surface area contributed by atoms with E-state index in [-0.39, 0.29) is 0 Å². The number of alkyl halides is 3. The minimum atomic E-state index is -4.30. The molecule has 2 aromatic carbocycles. The number of hydrogen-bond donors (Lipinski definition) is 0. The molecule has 0 unspecified atom stereocenters. The van der Waals surface area contributed by atoms with Gasteiger partial charge in [-0.3, -0.25) is 0 Å². The first-order chi connectivity index (χ1) is 7.97. The van der Waals surface area contributed by atoms with Crippen molar-refractivity contribution < 1.29 is 13.2 Å². The fourth-order valence-corrected chi connectivity index (χ4v) is 1.71. The van der Waals surface area contributed by atoms with E-state index in [0.29, 0.717) is 10.6 Å². The van der Waals surface area contributed by atoms with E-state index in [4.69, 9.17) is 11.6 Å². The van der Waals surface area contributed by atoms with Crippen molar-refractivity contribution in [3.05, 3.63) is 59.1 Å². The van der Waals surface area contributed by atoms with Crippen LogP contribution in [0.1, 0.15) is 5.56 Å². The van der Waals surface area contributed by atoms with Crippen LogP contribution >= 0.6 is 11.6 Å². The highest BCUT2D eigenvalue weighted by Gasteiger charge is 2.29. The van der Waals surface area contributed by atoms with Gasteiger partial charge in [0.05, 0.1) is 5.56 Å². The van der Waals surface area contributed by atoms with E-state index < -0.39 is 11.7 Å². The molecule has 0 amide bonds. The molecule has 0 radical (unpaired) electrons. The second kappa shape index (κ2) is 4.41. The Labute approximate surface area is 102 Å². The zero-order valence-corrected chi connectivity index (χ0v) is 9.39. The SMILES string of the molecule is FC(F)(F)c1ccc(-c2cccc(Cl)c2)cc1. The molecular formula is C13H8ClF3. The molecule has 88 valence electrons. The third kappa shape index (κ3) is 2.80. The quantitative estimate of drug-likeness (QED) is 0.672. The fraction of sp³-hybridized carbons (Fsp3) is 0.0769. The van der Waals surface area contributed by atoms with Crippen LogP contribution in [0.3, 0.4) is 0 Å². The third-order valence-corrected chi connectivity index (χ3v) is 2.61. The van der Waals surface area contributed by atoms with Gasteiger partial charge < -0.3 is 0 Å². The summed E-state index contributed by atoms with van der Waals surface area (Å²) < 4.78 is 37.1. The lowest BCUT2D eigenvalue weighted by atomic mass is 10.0. The predicted molar refractivity (Wildman–Crippen MR) is 61.9 cm³/mol. The topological polar surface area (TPSA) is 0 Å². The van der Waals surface area contributed by atoms with E-state index in [2.05, 4.69) is 0 Å². The van der Waals surface area contributed by atoms with Gasteiger partial charge in [0.25, 0.3) is 0 Å². The first-order valence-electron chi connectivity index (χ1n) is 4.90. The molecule has 2 rings (SSSR count). The van der Waals surface area contributed by atoms with E-state index in [1.807, 2.05) is 0 Å². The summed E-state index contributed by atoms with van der Waals surface area (Å²) in [7, 11) is 0. The molecule has 0 spiro atoms. The first-order valence-corrected chi connectivity index (χ1v) is 5.28. The Morgan fingerprint density at radius 1 is 0.824 bits per heavy atom. The van der Waals surface area contributed by atoms with Crippen LogP contribution in [-0.4, -0.2) is 0 Å². The van der Waals surface area contributed by atoms with Gasteiger partial charge in [0.2, 0.25) is 0 Å². The number of rotatable bonds is 1. The van der Waals surface area contributed by atoms with Crippen molar-refractivity contribution in [2.75, 3.05) is 0 Å². The van der Waals surface area contributed by atoms with Crippen LogP contribution in [0.25, 0.3) is 11.1 Å². The molecule has 0 aliphatic heterocycles. The normalized spacial score (nSPS) is 11.5. The lowest BCUT2D eigenvalue weighted by Gasteiger charge is -2.07. The Morgan fingerprint density at radius 2 is 1.47 bits per heavy atom. The van der Waals surface area contributed by atoms with Crippen LogP contribution in [0.2, 0.25) is 5.02 Å². The molecule has 0 bridgehead atoms. The van der Waals surface area contributed by atoms with Crippen LogP contribution in [-0.2, 0) is 6.18 Å². The van der Waals surface area contributed by atoms with Crippen molar-refractivity contribution >= 4 is 11.6 Å². The summed E-state index contributed by atoms with van der Waals surface area (Å²) in [5.74, 6) is 0. The molecule has 0 saturated carbocycles. The fourth-order valence-electron chi connectivity index (χ4n) is 1.52. The molecule has 0 aliphatic carbocycles. The zero-order chi connectivity index (χ0) is 12.5. The van der Waals surface area contributed by atoms with Gasteiger partial charge in [-0.1, -0.05) is 35.9 Å². The van der Waals surface area contributed by atoms with Gasteiger partial charge in [-0.25, -0.2) is 0 Å². The summed E-state index contributed by atoms with van der Waals surface area (Å²) in [6.45, 7) is 0. The number of halogens is 4. The van der Waals surface area contributed by atoms with E-state index in [9.17, 15) is 13.2 Å². The van der Waals surface area contributed by atoms with Crippen LogP contribution in [0, 0.1) is 0 Å². The average molecular weight is 257 g/mol. The maximum atomic E-state index is 12.4. The van der Waals surface area contributed by atoms with Gasteiger partial charge in [-0.2, -0.15) is 13.2 Å². The van der Waals surface area contributed by atoms with Crippen LogP contribution in [0.4, 0.5) is 13.2 Å². The predicted octanol–water partition coefficient (Wildman–Crippen LogP) is 5.03. The maximum absolute atomic E-state index is 12.4. The molecule has 0 nitrogen and oxygen atoms in total. The Hall–Kier alpha value is -1.48. The molecule has 0 heterocycles. The largest absolute Gasteiger partial charge is 0.416 e. The summed E-state index contributed by atoms with van der Waals surface area (Å²) >= 11 is 5.82. The van der Waals surface area contributed by atoms with Gasteiger partial charge in [0.15, 0.2) is 0 Å². The Morgan fingerprint density at radius 3 is 2.00 bits per heavy atom. The summed E-state index contributed by atoms with van der Waals surface area (Å²) in [5.41, 5.74) is 0.856. The van der Waals surface area contributed by atoms with Gasteiger partial charge in [-0.15, -0.1) is 0 Å². The average Bonchev–Trinajstić information content (AvgIpc) is 2.28. The monoisotopic (exact) mass is 256 g/mol. The van der Waals surface area contributed by atoms with Crippen molar-refractivity contribution in [2.45, 2.75) is 6.18 Å². The highest BCUT2D eigenvalue weighted by atomic mass is 35.5. The third-order valence-electron chi connectivity index (χ3n) is 2.37. The second-order valence-electron chi connectivity index (χ2n) is 3.59. The zero-order valence-electron chi connectivity index (χ0n) is 8.63. The molecule has 0 aromatic heterocycles. The lowest BCUT2D eigenvalue weighted by molar-refractivity contribution is -0.137.